The number of hydrogen-bond donors (Lipinski definition) is 0. The van der Waals surface area contributed by atoms with Crippen LogP contribution in [-0.4, -0.2) is 46.9 Å². The molecule has 8 heteroatoms. The number of aromatic nitrogens is 1. The van der Waals surface area contributed by atoms with Crippen molar-refractivity contribution in [2.75, 3.05) is 31.1 Å². The number of piperazine rings is 1. The number of pyridine rings is 1. The largest absolute Gasteiger partial charge is 0.456 e. The Bertz CT molecular complexity index is 778. The van der Waals surface area contributed by atoms with E-state index in [-0.39, 0.29) is 11.6 Å². The molecule has 0 N–H and O–H groups in total. The second kappa shape index (κ2) is 6.31. The molecule has 8 nitrogen and oxygen atoms in total. The van der Waals surface area contributed by atoms with E-state index in [1.54, 1.807) is 43.1 Å². The number of nitrogens with zero attached hydrogens (tertiary/aromatic N) is 4. The van der Waals surface area contributed by atoms with E-state index in [1.807, 2.05) is 4.90 Å². The highest BCUT2D eigenvalue weighted by molar-refractivity contribution is 5.91. The predicted molar refractivity (Wildman–Crippen MR) is 87.2 cm³/mol. The lowest BCUT2D eigenvalue weighted by Crippen LogP contribution is -2.49. The molecule has 2 aromatic heterocycles. The van der Waals surface area contributed by atoms with Crippen LogP contribution in [-0.2, 0) is 0 Å². The average Bonchev–Trinajstić information content (AvgIpc) is 3.00. The molecule has 0 aromatic carbocycles. The van der Waals surface area contributed by atoms with Crippen molar-refractivity contribution in [2.24, 2.45) is 0 Å². The maximum Gasteiger partial charge on any atom is 0.314 e. The zero-order valence-corrected chi connectivity index (χ0v) is 13.6. The van der Waals surface area contributed by atoms with Crippen LogP contribution in [0.4, 0.5) is 11.5 Å². The number of nitro groups is 1. The molecule has 1 fully saturated rings. The zero-order chi connectivity index (χ0) is 17.3. The van der Waals surface area contributed by atoms with Crippen molar-refractivity contribution >= 4 is 17.4 Å². The summed E-state index contributed by atoms with van der Waals surface area (Å²) in [6.45, 7) is 5.39. The van der Waals surface area contributed by atoms with Crippen molar-refractivity contribution in [3.05, 3.63) is 51.6 Å². The molecule has 1 saturated heterocycles. The SMILES string of the molecule is Cc1ccc(C(=O)N2CCN(c3nccc(C)c3[N+](=O)[O-])CC2)o1. The topological polar surface area (TPSA) is 92.7 Å². The van der Waals surface area contributed by atoms with Crippen molar-refractivity contribution in [1.82, 2.24) is 9.88 Å². The van der Waals surface area contributed by atoms with E-state index in [0.717, 1.165) is 0 Å². The van der Waals surface area contributed by atoms with Gasteiger partial charge < -0.3 is 14.2 Å². The molecule has 0 atom stereocenters. The van der Waals surface area contributed by atoms with Crippen molar-refractivity contribution in [3.8, 4) is 0 Å². The second-order valence-electron chi connectivity index (χ2n) is 5.75. The third-order valence-electron chi connectivity index (χ3n) is 4.11. The van der Waals surface area contributed by atoms with Gasteiger partial charge in [0, 0.05) is 37.9 Å². The maximum atomic E-state index is 12.4. The first kappa shape index (κ1) is 16.0. The monoisotopic (exact) mass is 330 g/mol. The fourth-order valence-corrected chi connectivity index (χ4v) is 2.82. The van der Waals surface area contributed by atoms with Gasteiger partial charge in [-0.1, -0.05) is 0 Å². The number of furan rings is 1. The lowest BCUT2D eigenvalue weighted by molar-refractivity contribution is -0.384. The van der Waals surface area contributed by atoms with Crippen molar-refractivity contribution in [2.45, 2.75) is 13.8 Å². The number of carbonyl (C=O) groups excluding carboxylic acids is 1. The summed E-state index contributed by atoms with van der Waals surface area (Å²) in [4.78, 5) is 31.0. The normalized spacial score (nSPS) is 14.8. The van der Waals surface area contributed by atoms with E-state index in [1.165, 1.54) is 0 Å². The fraction of sp³-hybridized carbons (Fsp3) is 0.375. The van der Waals surface area contributed by atoms with Crippen molar-refractivity contribution < 1.29 is 14.1 Å². The third kappa shape index (κ3) is 2.94. The summed E-state index contributed by atoms with van der Waals surface area (Å²) in [5.74, 6) is 1.22. The van der Waals surface area contributed by atoms with Crippen LogP contribution in [0, 0.1) is 24.0 Å². The molecule has 24 heavy (non-hydrogen) atoms. The third-order valence-corrected chi connectivity index (χ3v) is 4.11. The van der Waals surface area contributed by atoms with Gasteiger partial charge in [0.1, 0.15) is 5.76 Å². The van der Waals surface area contributed by atoms with Crippen LogP contribution in [0.3, 0.4) is 0 Å². The average molecular weight is 330 g/mol. The number of anilines is 1. The molecule has 0 radical (unpaired) electrons. The van der Waals surface area contributed by atoms with Crippen LogP contribution >= 0.6 is 0 Å². The standard InChI is InChI=1S/C16H18N4O4/c1-11-5-6-17-15(14(11)20(22)23)18-7-9-19(10-8-18)16(21)13-4-3-12(2)24-13/h3-6H,7-10H2,1-2H3. The molecular weight excluding hydrogens is 312 g/mol. The Hall–Kier alpha value is -2.90. The summed E-state index contributed by atoms with van der Waals surface area (Å²) in [7, 11) is 0. The van der Waals surface area contributed by atoms with Gasteiger partial charge in [0.2, 0.25) is 5.82 Å². The predicted octanol–water partition coefficient (Wildman–Crippen LogP) is 2.16. The Balaban J connectivity index is 1.73. The Kier molecular flexibility index (Phi) is 4.20. The number of amides is 1. The van der Waals surface area contributed by atoms with Crippen molar-refractivity contribution in [3.63, 3.8) is 0 Å². The van der Waals surface area contributed by atoms with Crippen LogP contribution in [0.5, 0.6) is 0 Å². The van der Waals surface area contributed by atoms with E-state index in [9.17, 15) is 14.9 Å². The summed E-state index contributed by atoms with van der Waals surface area (Å²) >= 11 is 0. The minimum absolute atomic E-state index is 0.0268. The first-order valence-corrected chi connectivity index (χ1v) is 7.68. The molecule has 1 aliphatic rings. The molecule has 3 rings (SSSR count). The molecule has 2 aromatic rings. The Morgan fingerprint density at radius 3 is 2.50 bits per heavy atom. The van der Waals surface area contributed by atoms with Gasteiger partial charge in [-0.05, 0) is 32.0 Å². The Labute approximate surface area is 138 Å². The van der Waals surface area contributed by atoms with Crippen LogP contribution in [0.15, 0.2) is 28.8 Å². The minimum Gasteiger partial charge on any atom is -0.456 e. The summed E-state index contributed by atoms with van der Waals surface area (Å²) in [5, 5.41) is 11.3. The molecule has 126 valence electrons. The van der Waals surface area contributed by atoms with Crippen molar-refractivity contribution in [1.29, 1.82) is 0 Å². The van der Waals surface area contributed by atoms with Gasteiger partial charge in [-0.2, -0.15) is 0 Å². The highest BCUT2D eigenvalue weighted by Crippen LogP contribution is 2.29. The number of aryl methyl sites for hydroxylation is 2. The highest BCUT2D eigenvalue weighted by atomic mass is 16.6. The van der Waals surface area contributed by atoms with E-state index < -0.39 is 4.92 Å². The zero-order valence-electron chi connectivity index (χ0n) is 13.6. The molecule has 0 bridgehead atoms. The molecule has 0 spiro atoms. The number of rotatable bonds is 3. The van der Waals surface area contributed by atoms with Crippen LogP contribution in [0.2, 0.25) is 0 Å². The quantitative estimate of drug-likeness (QED) is 0.632. The van der Waals surface area contributed by atoms with E-state index in [2.05, 4.69) is 4.98 Å². The first-order chi connectivity index (χ1) is 11.5. The van der Waals surface area contributed by atoms with E-state index >= 15 is 0 Å². The molecule has 0 saturated carbocycles. The van der Waals surface area contributed by atoms with Gasteiger partial charge in [0.15, 0.2) is 5.76 Å². The van der Waals surface area contributed by atoms with Gasteiger partial charge in [0.25, 0.3) is 5.91 Å². The second-order valence-corrected chi connectivity index (χ2v) is 5.75. The van der Waals surface area contributed by atoms with Gasteiger partial charge >= 0.3 is 5.69 Å². The number of hydrogen-bond acceptors (Lipinski definition) is 6. The molecule has 0 unspecified atom stereocenters. The van der Waals surface area contributed by atoms with Crippen LogP contribution in [0.1, 0.15) is 21.9 Å². The van der Waals surface area contributed by atoms with Crippen LogP contribution in [0.25, 0.3) is 0 Å². The summed E-state index contributed by atoms with van der Waals surface area (Å²) in [5.41, 5.74) is 0.605. The minimum atomic E-state index is -0.402. The van der Waals surface area contributed by atoms with Crippen LogP contribution < -0.4 is 4.90 Å². The highest BCUT2D eigenvalue weighted by Gasteiger charge is 2.29. The van der Waals surface area contributed by atoms with Gasteiger partial charge in [-0.3, -0.25) is 14.9 Å². The molecule has 3 heterocycles. The molecule has 1 aliphatic heterocycles. The lowest BCUT2D eigenvalue weighted by Gasteiger charge is -2.34. The van der Waals surface area contributed by atoms with Gasteiger partial charge in [-0.25, -0.2) is 4.98 Å². The van der Waals surface area contributed by atoms with Gasteiger partial charge in [0.05, 0.1) is 4.92 Å². The van der Waals surface area contributed by atoms with E-state index in [0.29, 0.717) is 49.1 Å². The van der Waals surface area contributed by atoms with E-state index in [4.69, 9.17) is 4.42 Å². The summed E-state index contributed by atoms with van der Waals surface area (Å²) in [6, 6.07) is 5.04. The Morgan fingerprint density at radius 2 is 1.92 bits per heavy atom. The molecule has 1 amide bonds. The molecule has 0 aliphatic carbocycles. The first-order valence-electron chi connectivity index (χ1n) is 7.68. The lowest BCUT2D eigenvalue weighted by atomic mass is 10.2. The smallest absolute Gasteiger partial charge is 0.314 e. The Morgan fingerprint density at radius 1 is 1.21 bits per heavy atom. The summed E-state index contributed by atoms with van der Waals surface area (Å²) in [6.07, 6.45) is 1.57. The number of carbonyl (C=O) groups is 1. The summed E-state index contributed by atoms with van der Waals surface area (Å²) < 4.78 is 5.37. The maximum absolute atomic E-state index is 12.4. The van der Waals surface area contributed by atoms with Gasteiger partial charge in [-0.15, -0.1) is 0 Å². The molecular formula is C16H18N4O4. The fourth-order valence-electron chi connectivity index (χ4n) is 2.82.